The van der Waals surface area contributed by atoms with Crippen molar-refractivity contribution < 1.29 is 4.57 Å². The van der Waals surface area contributed by atoms with Crippen molar-refractivity contribution >= 4 is 5.57 Å². The fraction of sp³-hybridized carbons (Fsp3) is 0.667. The van der Waals surface area contributed by atoms with E-state index >= 15 is 0 Å². The van der Waals surface area contributed by atoms with Gasteiger partial charge in [0.1, 0.15) is 6.54 Å². The quantitative estimate of drug-likeness (QED) is 0.296. The monoisotopic (exact) mass is 302 g/mol. The molecule has 0 radical (unpaired) electrons. The average molecular weight is 303 g/mol. The maximum atomic E-state index is 4.07. The number of rotatable bonds is 13. The van der Waals surface area contributed by atoms with Crippen molar-refractivity contribution in [2.24, 2.45) is 0 Å². The van der Waals surface area contributed by atoms with Gasteiger partial charge in [-0.05, 0) is 19.4 Å². The molecule has 0 atom stereocenters. The fourth-order valence-corrected chi connectivity index (χ4v) is 3.01. The van der Waals surface area contributed by atoms with Crippen LogP contribution in [0.2, 0.25) is 0 Å². The highest BCUT2D eigenvalue weighted by Gasteiger charge is 2.08. The van der Waals surface area contributed by atoms with E-state index in [1.165, 1.54) is 76.3 Å². The van der Waals surface area contributed by atoms with E-state index in [-0.39, 0.29) is 0 Å². The van der Waals surface area contributed by atoms with Crippen molar-refractivity contribution in [3.8, 4) is 0 Å². The van der Waals surface area contributed by atoms with E-state index in [9.17, 15) is 0 Å². The molecule has 1 heterocycles. The van der Waals surface area contributed by atoms with Gasteiger partial charge in [0.15, 0.2) is 6.20 Å². The highest BCUT2D eigenvalue weighted by molar-refractivity contribution is 5.54. The number of unbranched alkanes of at least 4 members (excludes halogenated alkanes) is 10. The number of aryl methyl sites for hydroxylation is 1. The molecule has 0 fully saturated rings. The second-order valence-corrected chi connectivity index (χ2v) is 6.60. The van der Waals surface area contributed by atoms with Crippen LogP contribution in [-0.4, -0.2) is 0 Å². The van der Waals surface area contributed by atoms with Gasteiger partial charge in [0, 0.05) is 24.1 Å². The molecule has 0 aliphatic rings. The standard InChI is InChI=1S/C21H36N/c1-4-5-6-7-8-9-10-11-12-13-15-18-22-19-16-14-17-21(22)20(2)3/h14,16-17,19H,2,4-13,15,18H2,1,3H3/q+1. The van der Waals surface area contributed by atoms with E-state index in [0.717, 1.165) is 12.1 Å². The molecule has 0 aliphatic heterocycles. The van der Waals surface area contributed by atoms with E-state index in [1.807, 2.05) is 0 Å². The van der Waals surface area contributed by atoms with Crippen molar-refractivity contribution in [3.05, 3.63) is 36.7 Å². The number of nitrogens with zero attached hydrogens (tertiary/aromatic N) is 1. The lowest BCUT2D eigenvalue weighted by molar-refractivity contribution is -0.699. The number of hydrogen-bond donors (Lipinski definition) is 0. The van der Waals surface area contributed by atoms with Gasteiger partial charge in [-0.1, -0.05) is 71.3 Å². The van der Waals surface area contributed by atoms with Gasteiger partial charge in [-0.3, -0.25) is 0 Å². The number of pyridine rings is 1. The second-order valence-electron chi connectivity index (χ2n) is 6.60. The Bertz CT molecular complexity index is 408. The van der Waals surface area contributed by atoms with Crippen LogP contribution in [0.1, 0.15) is 90.2 Å². The summed E-state index contributed by atoms with van der Waals surface area (Å²) in [4.78, 5) is 0. The van der Waals surface area contributed by atoms with Crippen molar-refractivity contribution in [3.63, 3.8) is 0 Å². The van der Waals surface area contributed by atoms with Crippen LogP contribution in [0.25, 0.3) is 5.57 Å². The predicted octanol–water partition coefficient (Wildman–Crippen LogP) is 6.32. The lowest BCUT2D eigenvalue weighted by Crippen LogP contribution is -2.37. The molecule has 124 valence electrons. The molecular formula is C21H36N+. The molecule has 1 aromatic heterocycles. The third kappa shape index (κ3) is 8.36. The topological polar surface area (TPSA) is 3.88 Å². The fourth-order valence-electron chi connectivity index (χ4n) is 3.01. The van der Waals surface area contributed by atoms with E-state index in [2.05, 4.69) is 49.4 Å². The van der Waals surface area contributed by atoms with E-state index in [0.29, 0.717) is 0 Å². The first kappa shape index (κ1) is 18.9. The van der Waals surface area contributed by atoms with Crippen LogP contribution in [0.5, 0.6) is 0 Å². The van der Waals surface area contributed by atoms with Crippen LogP contribution < -0.4 is 4.57 Å². The van der Waals surface area contributed by atoms with E-state index < -0.39 is 0 Å². The molecule has 0 aromatic carbocycles. The summed E-state index contributed by atoms with van der Waals surface area (Å²) in [7, 11) is 0. The van der Waals surface area contributed by atoms with Gasteiger partial charge in [-0.15, -0.1) is 0 Å². The summed E-state index contributed by atoms with van der Waals surface area (Å²) in [5.41, 5.74) is 2.43. The van der Waals surface area contributed by atoms with E-state index in [1.54, 1.807) is 0 Å². The molecule has 1 aromatic rings. The van der Waals surface area contributed by atoms with E-state index in [4.69, 9.17) is 0 Å². The zero-order chi connectivity index (χ0) is 16.0. The SMILES string of the molecule is C=C(C)c1cccc[n+]1CCCCCCCCCCCCC. The van der Waals surface area contributed by atoms with Gasteiger partial charge in [-0.25, -0.2) is 0 Å². The van der Waals surface area contributed by atoms with Crippen LogP contribution in [0, 0.1) is 0 Å². The zero-order valence-electron chi connectivity index (χ0n) is 14.9. The lowest BCUT2D eigenvalue weighted by Gasteiger charge is -2.04. The normalized spacial score (nSPS) is 10.8. The molecule has 0 unspecified atom stereocenters. The summed E-state index contributed by atoms with van der Waals surface area (Å²) in [6, 6.07) is 6.38. The minimum Gasteiger partial charge on any atom is -0.199 e. The zero-order valence-corrected chi connectivity index (χ0v) is 14.9. The molecule has 0 N–H and O–H groups in total. The van der Waals surface area contributed by atoms with Gasteiger partial charge in [0.05, 0.1) is 0 Å². The molecule has 0 spiro atoms. The average Bonchev–Trinajstić information content (AvgIpc) is 2.53. The summed E-state index contributed by atoms with van der Waals surface area (Å²) < 4.78 is 2.34. The van der Waals surface area contributed by atoms with Gasteiger partial charge < -0.3 is 0 Å². The summed E-state index contributed by atoms with van der Waals surface area (Å²) in [6.07, 6.45) is 17.6. The Morgan fingerprint density at radius 3 is 1.95 bits per heavy atom. The Morgan fingerprint density at radius 2 is 1.41 bits per heavy atom. The van der Waals surface area contributed by atoms with Crippen molar-refractivity contribution in [1.29, 1.82) is 0 Å². The molecule has 0 aliphatic carbocycles. The largest absolute Gasteiger partial charge is 0.207 e. The maximum absolute atomic E-state index is 4.07. The number of aromatic nitrogens is 1. The first-order chi connectivity index (χ1) is 10.8. The minimum atomic E-state index is 1.13. The van der Waals surface area contributed by atoms with Crippen LogP contribution >= 0.6 is 0 Å². The number of hydrogen-bond acceptors (Lipinski definition) is 0. The van der Waals surface area contributed by atoms with Crippen LogP contribution in [0.15, 0.2) is 31.0 Å². The molecule has 0 saturated carbocycles. The summed E-state index contributed by atoms with van der Waals surface area (Å²) in [5, 5.41) is 0. The smallest absolute Gasteiger partial charge is 0.199 e. The Hall–Kier alpha value is -1.11. The summed E-state index contributed by atoms with van der Waals surface area (Å²) in [5.74, 6) is 0. The molecule has 0 amide bonds. The first-order valence-electron chi connectivity index (χ1n) is 9.40. The van der Waals surface area contributed by atoms with Gasteiger partial charge in [-0.2, -0.15) is 4.57 Å². The van der Waals surface area contributed by atoms with Crippen molar-refractivity contribution in [2.45, 2.75) is 91.0 Å². The molecule has 1 nitrogen and oxygen atoms in total. The van der Waals surface area contributed by atoms with Crippen molar-refractivity contribution in [1.82, 2.24) is 0 Å². The molecule has 0 bridgehead atoms. The molecule has 1 rings (SSSR count). The Balaban J connectivity index is 2.01. The van der Waals surface area contributed by atoms with Crippen LogP contribution in [0.3, 0.4) is 0 Å². The first-order valence-corrected chi connectivity index (χ1v) is 9.40. The summed E-state index contributed by atoms with van der Waals surface area (Å²) in [6.45, 7) is 9.57. The minimum absolute atomic E-state index is 1.13. The van der Waals surface area contributed by atoms with Gasteiger partial charge in [0.25, 0.3) is 0 Å². The maximum Gasteiger partial charge on any atom is 0.207 e. The molecule has 22 heavy (non-hydrogen) atoms. The Morgan fingerprint density at radius 1 is 0.864 bits per heavy atom. The Labute approximate surface area is 138 Å². The summed E-state index contributed by atoms with van der Waals surface area (Å²) >= 11 is 0. The second kappa shape index (κ2) is 12.4. The molecule has 1 heteroatoms. The predicted molar refractivity (Wildman–Crippen MR) is 97.8 cm³/mol. The van der Waals surface area contributed by atoms with Crippen molar-refractivity contribution in [2.75, 3.05) is 0 Å². The molecular weight excluding hydrogens is 266 g/mol. The molecule has 0 saturated heterocycles. The van der Waals surface area contributed by atoms with Gasteiger partial charge in [0.2, 0.25) is 5.69 Å². The lowest BCUT2D eigenvalue weighted by atomic mass is 10.1. The highest BCUT2D eigenvalue weighted by Crippen LogP contribution is 2.11. The number of allylic oxidation sites excluding steroid dienone is 1. The van der Waals surface area contributed by atoms with Gasteiger partial charge >= 0.3 is 0 Å². The van der Waals surface area contributed by atoms with Crippen LogP contribution in [-0.2, 0) is 6.54 Å². The van der Waals surface area contributed by atoms with Crippen LogP contribution in [0.4, 0.5) is 0 Å². The highest BCUT2D eigenvalue weighted by atomic mass is 14.9. The third-order valence-corrected chi connectivity index (χ3v) is 4.38. The Kier molecular flexibility index (Phi) is 10.7. The third-order valence-electron chi connectivity index (χ3n) is 4.38.